The minimum atomic E-state index is -0.471. The van der Waals surface area contributed by atoms with Crippen molar-refractivity contribution in [3.05, 3.63) is 0 Å². The van der Waals surface area contributed by atoms with Crippen LogP contribution in [0, 0.1) is 0 Å². The second-order valence-corrected chi connectivity index (χ2v) is 8.21. The molecule has 1 atom stereocenters. The molecule has 0 spiro atoms. The van der Waals surface area contributed by atoms with E-state index in [0.717, 1.165) is 71.3 Å². The molecule has 2 saturated heterocycles. The fourth-order valence-electron chi connectivity index (χ4n) is 3.36. The van der Waals surface area contributed by atoms with Crippen molar-refractivity contribution in [3.8, 4) is 0 Å². The summed E-state index contributed by atoms with van der Waals surface area (Å²) in [5.41, 5.74) is -0.471. The van der Waals surface area contributed by atoms with Crippen LogP contribution in [0.1, 0.15) is 40.0 Å². The minimum absolute atomic E-state index is 0.0970. The number of hydrogen-bond donors (Lipinski definition) is 2. The molecule has 1 unspecified atom stereocenters. The molecule has 2 heterocycles. The first-order valence-electron chi connectivity index (χ1n) is 10.1. The fourth-order valence-corrected chi connectivity index (χ4v) is 3.36. The molecule has 27 heavy (non-hydrogen) atoms. The van der Waals surface area contributed by atoms with Crippen LogP contribution in [-0.2, 0) is 9.47 Å². The SMILES string of the molecule is CN=C(NCCCCN1CCOCC1)N1CCC(NC(=O)OC(C)(C)C)C1. The van der Waals surface area contributed by atoms with Crippen LogP contribution in [0.2, 0.25) is 0 Å². The van der Waals surface area contributed by atoms with E-state index in [9.17, 15) is 4.79 Å². The second kappa shape index (κ2) is 10.7. The summed E-state index contributed by atoms with van der Waals surface area (Å²) in [4.78, 5) is 21.0. The smallest absolute Gasteiger partial charge is 0.407 e. The highest BCUT2D eigenvalue weighted by atomic mass is 16.6. The zero-order valence-corrected chi connectivity index (χ0v) is 17.4. The minimum Gasteiger partial charge on any atom is -0.444 e. The molecule has 2 rings (SSSR count). The summed E-state index contributed by atoms with van der Waals surface area (Å²) in [6, 6.07) is 0.0970. The van der Waals surface area contributed by atoms with E-state index < -0.39 is 5.60 Å². The lowest BCUT2D eigenvalue weighted by Crippen LogP contribution is -2.44. The molecule has 8 nitrogen and oxygen atoms in total. The number of ether oxygens (including phenoxy) is 2. The number of unbranched alkanes of at least 4 members (excludes halogenated alkanes) is 1. The van der Waals surface area contributed by atoms with Crippen molar-refractivity contribution < 1.29 is 14.3 Å². The highest BCUT2D eigenvalue weighted by molar-refractivity contribution is 5.80. The molecule has 2 fully saturated rings. The van der Waals surface area contributed by atoms with Gasteiger partial charge in [-0.05, 0) is 46.6 Å². The molecular weight excluding hydrogens is 346 g/mol. The number of rotatable bonds is 6. The van der Waals surface area contributed by atoms with Gasteiger partial charge < -0.3 is 25.0 Å². The Kier molecular flexibility index (Phi) is 8.63. The second-order valence-electron chi connectivity index (χ2n) is 8.21. The van der Waals surface area contributed by atoms with Crippen LogP contribution in [0.4, 0.5) is 4.79 Å². The van der Waals surface area contributed by atoms with Crippen molar-refractivity contribution in [2.24, 2.45) is 4.99 Å². The summed E-state index contributed by atoms with van der Waals surface area (Å²) in [5, 5.41) is 6.41. The largest absolute Gasteiger partial charge is 0.444 e. The Labute approximate surface area is 163 Å². The first-order chi connectivity index (χ1) is 12.9. The molecule has 2 aliphatic rings. The third-order valence-electron chi connectivity index (χ3n) is 4.71. The zero-order chi connectivity index (χ0) is 19.7. The van der Waals surface area contributed by atoms with Gasteiger partial charge in [-0.3, -0.25) is 9.89 Å². The number of aliphatic imine (C=N–C) groups is 1. The standard InChI is InChI=1S/C19H37N5O3/c1-19(2,3)27-18(25)22-16-7-10-24(15-16)17(20-4)21-8-5-6-9-23-11-13-26-14-12-23/h16H,5-15H2,1-4H3,(H,20,21)(H,22,25). The Morgan fingerprint density at radius 2 is 1.96 bits per heavy atom. The highest BCUT2D eigenvalue weighted by Gasteiger charge is 2.27. The van der Waals surface area contributed by atoms with E-state index in [2.05, 4.69) is 25.4 Å². The highest BCUT2D eigenvalue weighted by Crippen LogP contribution is 2.12. The molecule has 0 saturated carbocycles. The van der Waals surface area contributed by atoms with Crippen LogP contribution in [0.25, 0.3) is 0 Å². The average molecular weight is 384 g/mol. The van der Waals surface area contributed by atoms with E-state index in [4.69, 9.17) is 9.47 Å². The van der Waals surface area contributed by atoms with Gasteiger partial charge >= 0.3 is 6.09 Å². The topological polar surface area (TPSA) is 78.4 Å². The predicted molar refractivity (Wildman–Crippen MR) is 107 cm³/mol. The lowest BCUT2D eigenvalue weighted by molar-refractivity contribution is 0.0372. The number of carbonyl (C=O) groups excluding carboxylic acids is 1. The van der Waals surface area contributed by atoms with Crippen LogP contribution >= 0.6 is 0 Å². The van der Waals surface area contributed by atoms with Gasteiger partial charge in [-0.1, -0.05) is 0 Å². The summed E-state index contributed by atoms with van der Waals surface area (Å²) in [6.45, 7) is 13.1. The van der Waals surface area contributed by atoms with Crippen LogP contribution in [0.3, 0.4) is 0 Å². The van der Waals surface area contributed by atoms with Crippen molar-refractivity contribution in [1.29, 1.82) is 0 Å². The number of alkyl carbamates (subject to hydrolysis) is 1. The van der Waals surface area contributed by atoms with Crippen LogP contribution < -0.4 is 10.6 Å². The summed E-state index contributed by atoms with van der Waals surface area (Å²) in [5.74, 6) is 0.912. The number of amides is 1. The third-order valence-corrected chi connectivity index (χ3v) is 4.71. The molecule has 0 bridgehead atoms. The van der Waals surface area contributed by atoms with Gasteiger partial charge in [0.05, 0.1) is 19.3 Å². The molecule has 2 N–H and O–H groups in total. The van der Waals surface area contributed by atoms with Gasteiger partial charge in [0, 0.05) is 39.8 Å². The Balaban J connectivity index is 1.62. The first kappa shape index (κ1) is 21.8. The zero-order valence-electron chi connectivity index (χ0n) is 17.4. The Morgan fingerprint density at radius 3 is 2.63 bits per heavy atom. The van der Waals surface area contributed by atoms with Gasteiger partial charge in [-0.25, -0.2) is 4.79 Å². The van der Waals surface area contributed by atoms with Crippen molar-refractivity contribution >= 4 is 12.1 Å². The molecule has 1 amide bonds. The summed E-state index contributed by atoms with van der Waals surface area (Å²) in [6.07, 6.45) is 2.84. The van der Waals surface area contributed by atoms with Crippen molar-refractivity contribution in [1.82, 2.24) is 20.4 Å². The van der Waals surface area contributed by atoms with E-state index in [1.807, 2.05) is 27.8 Å². The van der Waals surface area contributed by atoms with Crippen molar-refractivity contribution in [3.63, 3.8) is 0 Å². The predicted octanol–water partition coefficient (Wildman–Crippen LogP) is 1.27. The lowest BCUT2D eigenvalue weighted by Gasteiger charge is -2.26. The fraction of sp³-hybridized carbons (Fsp3) is 0.895. The Morgan fingerprint density at radius 1 is 1.22 bits per heavy atom. The number of hydrogen-bond acceptors (Lipinski definition) is 5. The summed E-state index contributed by atoms with van der Waals surface area (Å²) in [7, 11) is 1.81. The van der Waals surface area contributed by atoms with Gasteiger partial charge in [0.1, 0.15) is 5.60 Å². The quantitative estimate of drug-likeness (QED) is 0.409. The molecule has 0 aromatic heterocycles. The van der Waals surface area contributed by atoms with Gasteiger partial charge in [0.15, 0.2) is 5.96 Å². The van der Waals surface area contributed by atoms with Gasteiger partial charge in [-0.15, -0.1) is 0 Å². The molecule has 0 aromatic carbocycles. The van der Waals surface area contributed by atoms with E-state index in [1.54, 1.807) is 0 Å². The third kappa shape index (κ3) is 8.34. The molecular formula is C19H37N5O3. The van der Waals surface area contributed by atoms with Gasteiger partial charge in [-0.2, -0.15) is 0 Å². The number of nitrogens with zero attached hydrogens (tertiary/aromatic N) is 3. The number of likely N-dealkylation sites (tertiary alicyclic amines) is 1. The van der Waals surface area contributed by atoms with Crippen LogP contribution in [0.5, 0.6) is 0 Å². The average Bonchev–Trinajstić information content (AvgIpc) is 3.05. The summed E-state index contributed by atoms with van der Waals surface area (Å²) < 4.78 is 10.7. The molecule has 156 valence electrons. The van der Waals surface area contributed by atoms with E-state index in [1.165, 1.54) is 6.42 Å². The number of guanidine groups is 1. The normalized spacial score (nSPS) is 22.0. The maximum atomic E-state index is 11.9. The lowest BCUT2D eigenvalue weighted by atomic mass is 10.2. The monoisotopic (exact) mass is 383 g/mol. The van der Waals surface area contributed by atoms with Crippen molar-refractivity contribution in [2.75, 3.05) is 59.5 Å². The van der Waals surface area contributed by atoms with Gasteiger partial charge in [0.25, 0.3) is 0 Å². The number of carbonyl (C=O) groups is 1. The van der Waals surface area contributed by atoms with Crippen LogP contribution in [0.15, 0.2) is 4.99 Å². The van der Waals surface area contributed by atoms with Crippen LogP contribution in [-0.4, -0.2) is 93.0 Å². The van der Waals surface area contributed by atoms with E-state index in [-0.39, 0.29) is 12.1 Å². The van der Waals surface area contributed by atoms with E-state index in [0.29, 0.717) is 0 Å². The Hall–Kier alpha value is -1.54. The van der Waals surface area contributed by atoms with Crippen molar-refractivity contribution in [2.45, 2.75) is 51.7 Å². The maximum Gasteiger partial charge on any atom is 0.407 e. The number of morpholine rings is 1. The number of nitrogens with one attached hydrogen (secondary N) is 2. The van der Waals surface area contributed by atoms with E-state index >= 15 is 0 Å². The molecule has 0 aliphatic carbocycles. The molecule has 0 radical (unpaired) electrons. The molecule has 8 heteroatoms. The molecule has 2 aliphatic heterocycles. The first-order valence-corrected chi connectivity index (χ1v) is 10.1. The Bertz CT molecular complexity index is 486. The molecule has 0 aromatic rings. The van der Waals surface area contributed by atoms with Gasteiger partial charge in [0.2, 0.25) is 0 Å². The summed E-state index contributed by atoms with van der Waals surface area (Å²) >= 11 is 0. The maximum absolute atomic E-state index is 11.9.